The van der Waals surface area contributed by atoms with Crippen LogP contribution >= 0.6 is 11.6 Å². The van der Waals surface area contributed by atoms with E-state index < -0.39 is 10.0 Å². The number of ether oxygens (including phenoxy) is 1. The Morgan fingerprint density at radius 1 is 1.30 bits per heavy atom. The Morgan fingerprint density at radius 2 is 2.00 bits per heavy atom. The van der Waals surface area contributed by atoms with Crippen molar-refractivity contribution in [2.24, 2.45) is 0 Å². The topological polar surface area (TPSA) is 61.2 Å². The Labute approximate surface area is 123 Å². The maximum atomic E-state index is 12.7. The van der Waals surface area contributed by atoms with Crippen LogP contribution < -0.4 is 4.74 Å². The van der Waals surface area contributed by atoms with Gasteiger partial charge in [0.05, 0.1) is 18.0 Å². The molecular weight excluding hydrogens is 300 g/mol. The molecule has 0 saturated carbocycles. The first-order chi connectivity index (χ1) is 9.36. The van der Waals surface area contributed by atoms with Gasteiger partial charge in [0, 0.05) is 5.02 Å². The molecule has 1 heterocycles. The van der Waals surface area contributed by atoms with Crippen molar-refractivity contribution in [1.82, 2.24) is 9.19 Å². The zero-order valence-electron chi connectivity index (χ0n) is 11.4. The van der Waals surface area contributed by atoms with E-state index in [1.165, 1.54) is 6.07 Å². The quantitative estimate of drug-likeness (QED) is 0.870. The Kier molecular flexibility index (Phi) is 4.06. The van der Waals surface area contributed by atoms with Gasteiger partial charge < -0.3 is 4.74 Å². The Hall–Kier alpha value is -1.53. The van der Waals surface area contributed by atoms with E-state index in [-0.39, 0.29) is 10.6 Å². The molecule has 5 nitrogen and oxygen atoms in total. The highest BCUT2D eigenvalue weighted by atomic mass is 35.5. The highest BCUT2D eigenvalue weighted by Gasteiger charge is 2.25. The number of aromatic nitrogens is 2. The van der Waals surface area contributed by atoms with E-state index in [0.29, 0.717) is 23.0 Å². The van der Waals surface area contributed by atoms with E-state index in [4.69, 9.17) is 16.3 Å². The fourth-order valence-corrected chi connectivity index (χ4v) is 3.65. The fraction of sp³-hybridized carbons (Fsp3) is 0.308. The minimum atomic E-state index is -3.83. The van der Waals surface area contributed by atoms with Gasteiger partial charge in [0.15, 0.2) is 0 Å². The number of nitrogens with zero attached hydrogens (tertiary/aromatic N) is 2. The van der Waals surface area contributed by atoms with E-state index >= 15 is 0 Å². The van der Waals surface area contributed by atoms with Crippen LogP contribution in [0, 0.1) is 13.8 Å². The number of benzene rings is 1. The number of hydrogen-bond donors (Lipinski definition) is 0. The summed E-state index contributed by atoms with van der Waals surface area (Å²) in [5, 5.41) is 4.35. The summed E-state index contributed by atoms with van der Waals surface area (Å²) < 4.78 is 31.7. The molecule has 1 aromatic carbocycles. The number of hydrogen-bond acceptors (Lipinski definition) is 4. The van der Waals surface area contributed by atoms with Crippen LogP contribution in [0.1, 0.15) is 18.3 Å². The SMILES string of the molecule is CCOc1ccc(Cl)cc1S(=O)(=O)n1nc(C)cc1C. The van der Waals surface area contributed by atoms with Crippen molar-refractivity contribution in [2.45, 2.75) is 25.7 Å². The standard InChI is InChI=1S/C13H15ClN2O3S/c1-4-19-12-6-5-11(14)8-13(12)20(17,18)16-10(3)7-9(2)15-16/h5-8H,4H2,1-3H3. The molecule has 0 radical (unpaired) electrons. The zero-order chi connectivity index (χ0) is 14.9. The molecule has 0 aliphatic rings. The highest BCUT2D eigenvalue weighted by molar-refractivity contribution is 7.90. The van der Waals surface area contributed by atoms with Crippen LogP contribution in [0.2, 0.25) is 5.02 Å². The van der Waals surface area contributed by atoms with Crippen molar-refractivity contribution in [3.8, 4) is 5.75 Å². The van der Waals surface area contributed by atoms with E-state index in [1.807, 2.05) is 0 Å². The molecular formula is C13H15ClN2O3S. The van der Waals surface area contributed by atoms with Gasteiger partial charge in [0.2, 0.25) is 0 Å². The number of rotatable bonds is 4. The maximum absolute atomic E-state index is 12.7. The maximum Gasteiger partial charge on any atom is 0.286 e. The lowest BCUT2D eigenvalue weighted by molar-refractivity contribution is 0.331. The molecule has 0 spiro atoms. The first-order valence-electron chi connectivity index (χ1n) is 6.07. The smallest absolute Gasteiger partial charge is 0.286 e. The first kappa shape index (κ1) is 14.9. The second-order valence-corrected chi connectivity index (χ2v) is 6.47. The van der Waals surface area contributed by atoms with Gasteiger partial charge >= 0.3 is 0 Å². The summed E-state index contributed by atoms with van der Waals surface area (Å²) in [6.45, 7) is 5.57. The van der Waals surface area contributed by atoms with Crippen molar-refractivity contribution < 1.29 is 13.2 Å². The number of halogens is 1. The summed E-state index contributed by atoms with van der Waals surface area (Å²) in [7, 11) is -3.83. The summed E-state index contributed by atoms with van der Waals surface area (Å²) in [6, 6.07) is 6.21. The largest absolute Gasteiger partial charge is 0.492 e. The predicted molar refractivity (Wildman–Crippen MR) is 76.9 cm³/mol. The summed E-state index contributed by atoms with van der Waals surface area (Å²) in [5.41, 5.74) is 1.16. The molecule has 0 N–H and O–H groups in total. The third-order valence-electron chi connectivity index (χ3n) is 2.68. The van der Waals surface area contributed by atoms with E-state index in [9.17, 15) is 8.42 Å². The molecule has 0 aliphatic carbocycles. The average molecular weight is 315 g/mol. The first-order valence-corrected chi connectivity index (χ1v) is 7.89. The Bertz CT molecular complexity index is 738. The van der Waals surface area contributed by atoms with Gasteiger partial charge in [-0.05, 0) is 45.0 Å². The molecule has 108 valence electrons. The normalized spacial score (nSPS) is 11.6. The van der Waals surface area contributed by atoms with E-state index in [1.54, 1.807) is 39.0 Å². The molecule has 0 fully saturated rings. The van der Waals surface area contributed by atoms with Gasteiger partial charge in [-0.2, -0.15) is 17.6 Å². The molecule has 1 aromatic heterocycles. The summed E-state index contributed by atoms with van der Waals surface area (Å²) >= 11 is 5.91. The fourth-order valence-electron chi connectivity index (χ4n) is 1.90. The monoisotopic (exact) mass is 314 g/mol. The lowest BCUT2D eigenvalue weighted by atomic mass is 10.3. The van der Waals surface area contributed by atoms with Gasteiger partial charge in [-0.15, -0.1) is 0 Å². The van der Waals surface area contributed by atoms with E-state index in [2.05, 4.69) is 5.10 Å². The van der Waals surface area contributed by atoms with Crippen molar-refractivity contribution in [2.75, 3.05) is 6.61 Å². The Morgan fingerprint density at radius 3 is 2.55 bits per heavy atom. The van der Waals surface area contributed by atoms with Crippen LogP contribution in [0.15, 0.2) is 29.2 Å². The van der Waals surface area contributed by atoms with E-state index in [0.717, 1.165) is 4.09 Å². The van der Waals surface area contributed by atoms with Gasteiger partial charge in [-0.25, -0.2) is 0 Å². The molecule has 2 aromatic rings. The Balaban J connectivity index is 2.65. The van der Waals surface area contributed by atoms with Gasteiger partial charge in [-0.1, -0.05) is 11.6 Å². The van der Waals surface area contributed by atoms with Crippen LogP contribution in [-0.4, -0.2) is 24.2 Å². The minimum absolute atomic E-state index is 0.0121. The second-order valence-electron chi connectivity index (χ2n) is 4.30. The average Bonchev–Trinajstić information content (AvgIpc) is 2.71. The third kappa shape index (κ3) is 2.66. The molecule has 0 amide bonds. The molecule has 0 bridgehead atoms. The van der Waals surface area contributed by atoms with Crippen molar-refractivity contribution in [3.05, 3.63) is 40.7 Å². The lowest BCUT2D eigenvalue weighted by Crippen LogP contribution is -2.17. The highest BCUT2D eigenvalue weighted by Crippen LogP contribution is 2.29. The lowest BCUT2D eigenvalue weighted by Gasteiger charge is -2.12. The molecule has 7 heteroatoms. The summed E-state index contributed by atoms with van der Waals surface area (Å²) in [4.78, 5) is 0.0121. The van der Waals surface area contributed by atoms with Crippen LogP contribution in [0.3, 0.4) is 0 Å². The van der Waals surface area contributed by atoms with Crippen molar-refractivity contribution >= 4 is 21.6 Å². The van der Waals surface area contributed by atoms with Crippen LogP contribution in [0.25, 0.3) is 0 Å². The zero-order valence-corrected chi connectivity index (χ0v) is 13.0. The molecule has 0 atom stereocenters. The predicted octanol–water partition coefficient (Wildman–Crippen LogP) is 2.79. The molecule has 0 saturated heterocycles. The third-order valence-corrected chi connectivity index (χ3v) is 4.61. The minimum Gasteiger partial charge on any atom is -0.492 e. The van der Waals surface area contributed by atoms with Crippen LogP contribution in [0.5, 0.6) is 5.75 Å². The van der Waals surface area contributed by atoms with Crippen molar-refractivity contribution in [1.29, 1.82) is 0 Å². The van der Waals surface area contributed by atoms with Crippen LogP contribution in [0.4, 0.5) is 0 Å². The van der Waals surface area contributed by atoms with Gasteiger partial charge in [-0.3, -0.25) is 0 Å². The molecule has 0 unspecified atom stereocenters. The summed E-state index contributed by atoms with van der Waals surface area (Å²) in [6.07, 6.45) is 0. The molecule has 0 aliphatic heterocycles. The van der Waals surface area contributed by atoms with Gasteiger partial charge in [0.25, 0.3) is 10.0 Å². The second kappa shape index (κ2) is 5.46. The van der Waals surface area contributed by atoms with Crippen LogP contribution in [-0.2, 0) is 10.0 Å². The number of aryl methyl sites for hydroxylation is 2. The molecule has 20 heavy (non-hydrogen) atoms. The summed E-state index contributed by atoms with van der Waals surface area (Å²) in [5.74, 6) is 0.268. The van der Waals surface area contributed by atoms with Crippen molar-refractivity contribution in [3.63, 3.8) is 0 Å². The van der Waals surface area contributed by atoms with Gasteiger partial charge in [0.1, 0.15) is 10.6 Å². The molecule has 2 rings (SSSR count).